The third-order valence-corrected chi connectivity index (χ3v) is 4.67. The number of hydrogen-bond acceptors (Lipinski definition) is 3. The van der Waals surface area contributed by atoms with Gasteiger partial charge in [-0.3, -0.25) is 4.79 Å². The van der Waals surface area contributed by atoms with Gasteiger partial charge in [0.15, 0.2) is 5.54 Å². The molecule has 2 unspecified atom stereocenters. The molecule has 26 heavy (non-hydrogen) atoms. The molecule has 0 aromatic heterocycles. The molecule has 0 heterocycles. The number of amides is 1. The van der Waals surface area contributed by atoms with E-state index in [2.05, 4.69) is 5.32 Å². The van der Waals surface area contributed by atoms with Crippen molar-refractivity contribution in [2.24, 2.45) is 0 Å². The van der Waals surface area contributed by atoms with Crippen molar-refractivity contribution in [1.82, 2.24) is 5.32 Å². The number of nitrogens with one attached hydrogen (secondary N) is 1. The van der Waals surface area contributed by atoms with Crippen LogP contribution in [0.25, 0.3) is 0 Å². The molecule has 0 saturated carbocycles. The van der Waals surface area contributed by atoms with E-state index in [0.29, 0.717) is 5.56 Å². The predicted octanol–water partition coefficient (Wildman–Crippen LogP) is 3.70. The van der Waals surface area contributed by atoms with Gasteiger partial charge >= 0.3 is 5.97 Å². The molecule has 0 radical (unpaired) electrons. The van der Waals surface area contributed by atoms with E-state index in [1.807, 2.05) is 37.3 Å². The Morgan fingerprint density at radius 1 is 1.15 bits per heavy atom. The topological polar surface area (TPSA) is 75.6 Å². The zero-order valence-electron chi connectivity index (χ0n) is 15.4. The van der Waals surface area contributed by atoms with Crippen molar-refractivity contribution in [1.29, 1.82) is 0 Å². The van der Waals surface area contributed by atoms with Crippen molar-refractivity contribution in [2.45, 2.75) is 38.1 Å². The van der Waals surface area contributed by atoms with Gasteiger partial charge in [0.25, 0.3) is 0 Å². The molecule has 138 valence electrons. The molecule has 2 aromatic rings. The second-order valence-electron chi connectivity index (χ2n) is 6.36. The van der Waals surface area contributed by atoms with E-state index in [-0.39, 0.29) is 24.7 Å². The third kappa shape index (κ3) is 4.23. The number of aliphatic carboxylic acids is 1. The van der Waals surface area contributed by atoms with Gasteiger partial charge in [-0.05, 0) is 35.6 Å². The fourth-order valence-corrected chi connectivity index (χ4v) is 3.05. The van der Waals surface area contributed by atoms with Crippen LogP contribution in [0.3, 0.4) is 0 Å². The zero-order chi connectivity index (χ0) is 19.2. The lowest BCUT2D eigenvalue weighted by Gasteiger charge is -2.30. The van der Waals surface area contributed by atoms with Crippen LogP contribution in [0, 0.1) is 0 Å². The molecule has 0 saturated heterocycles. The van der Waals surface area contributed by atoms with Gasteiger partial charge in [-0.15, -0.1) is 0 Å². The molecule has 1 amide bonds. The summed E-state index contributed by atoms with van der Waals surface area (Å²) in [5.41, 5.74) is 0.112. The van der Waals surface area contributed by atoms with E-state index in [1.165, 1.54) is 0 Å². The summed E-state index contributed by atoms with van der Waals surface area (Å²) in [6, 6.07) is 16.4. The van der Waals surface area contributed by atoms with Gasteiger partial charge in [0.2, 0.25) is 5.91 Å². The lowest BCUT2D eigenvalue weighted by molar-refractivity contribution is -0.148. The van der Waals surface area contributed by atoms with Crippen LogP contribution in [0.4, 0.5) is 0 Å². The summed E-state index contributed by atoms with van der Waals surface area (Å²) in [6.07, 6.45) is 0.445. The fourth-order valence-electron chi connectivity index (χ4n) is 3.05. The number of benzene rings is 2. The lowest BCUT2D eigenvalue weighted by Crippen LogP contribution is -2.51. The van der Waals surface area contributed by atoms with Crippen LogP contribution in [0.1, 0.15) is 43.7 Å². The minimum Gasteiger partial charge on any atom is -0.497 e. The predicted molar refractivity (Wildman–Crippen MR) is 100 cm³/mol. The van der Waals surface area contributed by atoms with Crippen molar-refractivity contribution in [2.75, 3.05) is 7.11 Å². The first kappa shape index (κ1) is 19.5. The second-order valence-corrected chi connectivity index (χ2v) is 6.36. The van der Waals surface area contributed by atoms with Crippen LogP contribution < -0.4 is 10.1 Å². The highest BCUT2D eigenvalue weighted by molar-refractivity contribution is 5.88. The first-order valence-corrected chi connectivity index (χ1v) is 8.66. The molecule has 0 spiro atoms. The van der Waals surface area contributed by atoms with E-state index in [1.54, 1.807) is 38.3 Å². The summed E-state index contributed by atoms with van der Waals surface area (Å²) in [6.45, 7) is 3.69. The van der Waals surface area contributed by atoms with Crippen LogP contribution in [0.15, 0.2) is 54.6 Å². The van der Waals surface area contributed by atoms with Crippen molar-refractivity contribution >= 4 is 11.9 Å². The summed E-state index contributed by atoms with van der Waals surface area (Å²) < 4.78 is 5.22. The first-order valence-electron chi connectivity index (χ1n) is 8.66. The number of hydrogen-bond donors (Lipinski definition) is 2. The fraction of sp³-hybridized carbons (Fsp3) is 0.333. The molecule has 0 aliphatic rings. The minimum atomic E-state index is -1.42. The Morgan fingerprint density at radius 3 is 2.42 bits per heavy atom. The summed E-state index contributed by atoms with van der Waals surface area (Å²) >= 11 is 0. The molecule has 0 bridgehead atoms. The third-order valence-electron chi connectivity index (χ3n) is 4.67. The van der Waals surface area contributed by atoms with Crippen LogP contribution in [0.5, 0.6) is 5.75 Å². The summed E-state index contributed by atoms with van der Waals surface area (Å²) in [4.78, 5) is 24.6. The molecule has 2 atom stereocenters. The Bertz CT molecular complexity index is 760. The molecule has 0 aliphatic carbocycles. The standard InChI is InChI=1S/C21H25NO4/c1-4-21(20(24)25,17-10-6-5-7-11-17)22-19(23)13-15(2)16-9-8-12-18(14-16)26-3/h5-12,14-15H,4,13H2,1-3H3,(H,22,23)(H,24,25). The van der Waals surface area contributed by atoms with Gasteiger partial charge in [-0.25, -0.2) is 4.79 Å². The Hall–Kier alpha value is -2.82. The largest absolute Gasteiger partial charge is 0.497 e. The van der Waals surface area contributed by atoms with Crippen molar-refractivity contribution in [3.8, 4) is 5.75 Å². The van der Waals surface area contributed by atoms with Crippen molar-refractivity contribution in [3.05, 3.63) is 65.7 Å². The lowest BCUT2D eigenvalue weighted by atomic mass is 9.86. The summed E-state index contributed by atoms with van der Waals surface area (Å²) in [5.74, 6) is -0.696. The summed E-state index contributed by atoms with van der Waals surface area (Å²) in [5, 5.41) is 12.6. The van der Waals surface area contributed by atoms with Gasteiger partial charge in [0.05, 0.1) is 7.11 Å². The number of carboxylic acids is 1. The molecule has 5 heteroatoms. The molecule has 0 fully saturated rings. The molecule has 2 aromatic carbocycles. The maximum absolute atomic E-state index is 12.6. The maximum atomic E-state index is 12.6. The molecular formula is C21H25NO4. The maximum Gasteiger partial charge on any atom is 0.334 e. The quantitative estimate of drug-likeness (QED) is 0.757. The molecule has 0 aliphatic heterocycles. The number of methoxy groups -OCH3 is 1. The van der Waals surface area contributed by atoms with E-state index in [4.69, 9.17) is 4.74 Å². The molecule has 2 rings (SSSR count). The van der Waals surface area contributed by atoms with Crippen molar-refractivity contribution in [3.63, 3.8) is 0 Å². The summed E-state index contributed by atoms with van der Waals surface area (Å²) in [7, 11) is 1.60. The van der Waals surface area contributed by atoms with Gasteiger partial charge in [0.1, 0.15) is 5.75 Å². The minimum absolute atomic E-state index is 0.0655. The average molecular weight is 355 g/mol. The highest BCUT2D eigenvalue weighted by Crippen LogP contribution is 2.28. The van der Waals surface area contributed by atoms with Crippen LogP contribution in [-0.4, -0.2) is 24.1 Å². The van der Waals surface area contributed by atoms with Gasteiger partial charge in [0, 0.05) is 6.42 Å². The monoisotopic (exact) mass is 355 g/mol. The SMILES string of the molecule is CCC(NC(=O)CC(C)c1cccc(OC)c1)(C(=O)O)c1ccccc1. The second kappa shape index (κ2) is 8.52. The highest BCUT2D eigenvalue weighted by Gasteiger charge is 2.40. The molecular weight excluding hydrogens is 330 g/mol. The highest BCUT2D eigenvalue weighted by atomic mass is 16.5. The smallest absolute Gasteiger partial charge is 0.334 e. The Morgan fingerprint density at radius 2 is 1.85 bits per heavy atom. The Labute approximate surface area is 154 Å². The van der Waals surface area contributed by atoms with E-state index >= 15 is 0 Å². The number of carbonyl (C=O) groups excluding carboxylic acids is 1. The van der Waals surface area contributed by atoms with E-state index < -0.39 is 11.5 Å². The van der Waals surface area contributed by atoms with E-state index in [0.717, 1.165) is 11.3 Å². The normalized spacial score (nSPS) is 14.1. The number of carbonyl (C=O) groups is 2. The Balaban J connectivity index is 2.18. The van der Waals surface area contributed by atoms with Crippen LogP contribution in [0.2, 0.25) is 0 Å². The van der Waals surface area contributed by atoms with E-state index in [9.17, 15) is 14.7 Å². The van der Waals surface area contributed by atoms with Gasteiger partial charge in [-0.1, -0.05) is 56.3 Å². The first-order chi connectivity index (χ1) is 12.4. The van der Waals surface area contributed by atoms with Gasteiger partial charge in [-0.2, -0.15) is 0 Å². The Kier molecular flexibility index (Phi) is 6.39. The number of rotatable bonds is 8. The van der Waals surface area contributed by atoms with Crippen LogP contribution >= 0.6 is 0 Å². The molecule has 2 N–H and O–H groups in total. The zero-order valence-corrected chi connectivity index (χ0v) is 15.4. The van der Waals surface area contributed by atoms with Crippen LogP contribution in [-0.2, 0) is 15.1 Å². The molecule has 5 nitrogen and oxygen atoms in total. The average Bonchev–Trinajstić information content (AvgIpc) is 2.66. The van der Waals surface area contributed by atoms with Crippen molar-refractivity contribution < 1.29 is 19.4 Å². The van der Waals surface area contributed by atoms with Gasteiger partial charge < -0.3 is 15.2 Å². The number of ether oxygens (including phenoxy) is 1. The number of carboxylic acid groups (broad SMARTS) is 1.